The minimum Gasteiger partial charge on any atom is -0.178 e. The first kappa shape index (κ1) is 16.7. The van der Waals surface area contributed by atoms with Crippen LogP contribution in [0.5, 0.6) is 0 Å². The van der Waals surface area contributed by atoms with Crippen molar-refractivity contribution < 1.29 is 0 Å². The van der Waals surface area contributed by atoms with Crippen molar-refractivity contribution in [1.82, 2.24) is 30.0 Å². The average Bonchev–Trinajstić information content (AvgIpc) is 3.28. The molecule has 0 amide bonds. The molecule has 0 spiro atoms. The highest BCUT2D eigenvalue weighted by Gasteiger charge is 2.27. The van der Waals surface area contributed by atoms with E-state index in [4.69, 9.17) is 20.4 Å². The first-order valence-electron chi connectivity index (χ1n) is 9.43. The Labute approximate surface area is 152 Å². The molecule has 2 heterocycles. The second-order valence-corrected chi connectivity index (χ2v) is 6.73. The molecular weight excluding hydrogens is 324 g/mol. The predicted octanol–water partition coefficient (Wildman–Crippen LogP) is 4.56. The fourth-order valence-corrected chi connectivity index (χ4v) is 3.56. The van der Waals surface area contributed by atoms with E-state index < -0.39 is 0 Å². The molecule has 0 saturated heterocycles. The van der Waals surface area contributed by atoms with E-state index in [1.54, 1.807) is 0 Å². The molecule has 0 unspecified atom stereocenters. The van der Waals surface area contributed by atoms with Crippen LogP contribution in [0.15, 0.2) is 48.5 Å². The number of hydrogen-bond acceptors (Lipinski definition) is 4. The van der Waals surface area contributed by atoms with Crippen molar-refractivity contribution in [3.05, 3.63) is 48.5 Å². The monoisotopic (exact) mass is 348 g/mol. The smallest absolute Gasteiger partial charge is 0.113 e. The molecule has 0 aliphatic carbocycles. The van der Waals surface area contributed by atoms with E-state index in [-0.39, 0.29) is 12.1 Å². The zero-order valence-corrected chi connectivity index (χ0v) is 15.3. The van der Waals surface area contributed by atoms with Gasteiger partial charge in [-0.2, -0.15) is 30.0 Å². The van der Waals surface area contributed by atoms with Crippen molar-refractivity contribution in [1.29, 1.82) is 0 Å². The van der Waals surface area contributed by atoms with Crippen LogP contribution in [0.1, 0.15) is 51.6 Å². The van der Waals surface area contributed by atoms with Crippen molar-refractivity contribution in [3.63, 3.8) is 0 Å². The van der Waals surface area contributed by atoms with Gasteiger partial charge in [-0.05, 0) is 37.1 Å². The van der Waals surface area contributed by atoms with Crippen LogP contribution in [0.2, 0.25) is 0 Å². The van der Waals surface area contributed by atoms with E-state index in [9.17, 15) is 0 Å². The lowest BCUT2D eigenvalue weighted by Crippen LogP contribution is -2.26. The molecule has 2 aromatic carbocycles. The van der Waals surface area contributed by atoms with E-state index in [0.29, 0.717) is 0 Å². The van der Waals surface area contributed by atoms with E-state index in [2.05, 4.69) is 13.8 Å². The SMILES string of the molecule is CCC[C@H]([C@H](CCC)n1nc2ccccc2n1)n1nc2ccccc2n1. The summed E-state index contributed by atoms with van der Waals surface area (Å²) in [5.74, 6) is 0. The van der Waals surface area contributed by atoms with Gasteiger partial charge in [0.15, 0.2) is 0 Å². The van der Waals surface area contributed by atoms with Crippen molar-refractivity contribution in [2.24, 2.45) is 0 Å². The molecule has 134 valence electrons. The van der Waals surface area contributed by atoms with E-state index in [1.807, 2.05) is 58.1 Å². The third-order valence-corrected chi connectivity index (χ3v) is 4.81. The summed E-state index contributed by atoms with van der Waals surface area (Å²) in [6.07, 6.45) is 4.10. The van der Waals surface area contributed by atoms with Gasteiger partial charge in [0.25, 0.3) is 0 Å². The van der Waals surface area contributed by atoms with Gasteiger partial charge in [0.2, 0.25) is 0 Å². The summed E-state index contributed by atoms with van der Waals surface area (Å²) in [5, 5.41) is 19.0. The summed E-state index contributed by atoms with van der Waals surface area (Å²) in [7, 11) is 0. The van der Waals surface area contributed by atoms with Gasteiger partial charge < -0.3 is 0 Å². The number of aromatic nitrogens is 6. The second kappa shape index (κ2) is 7.23. The molecule has 0 fully saturated rings. The predicted molar refractivity (Wildman–Crippen MR) is 103 cm³/mol. The van der Waals surface area contributed by atoms with E-state index in [0.717, 1.165) is 47.8 Å². The molecule has 4 rings (SSSR count). The Morgan fingerprint density at radius 2 is 0.923 bits per heavy atom. The molecule has 0 aliphatic rings. The molecule has 0 N–H and O–H groups in total. The fourth-order valence-electron chi connectivity index (χ4n) is 3.56. The van der Waals surface area contributed by atoms with Crippen LogP contribution < -0.4 is 0 Å². The summed E-state index contributed by atoms with van der Waals surface area (Å²) >= 11 is 0. The summed E-state index contributed by atoms with van der Waals surface area (Å²) < 4.78 is 0. The Bertz CT molecular complexity index is 854. The molecule has 6 heteroatoms. The maximum Gasteiger partial charge on any atom is 0.113 e. The van der Waals surface area contributed by atoms with E-state index >= 15 is 0 Å². The standard InChI is InChI=1S/C20H24N6/c1-3-9-19(25-21-15-11-5-6-12-16(15)22-25)20(10-4-2)26-23-17-13-7-8-14-18(17)24-26/h5-8,11-14,19-20H,3-4,9-10H2,1-2H3/t19-,20+. The van der Waals surface area contributed by atoms with Crippen molar-refractivity contribution in [2.75, 3.05) is 0 Å². The largest absolute Gasteiger partial charge is 0.178 e. The third-order valence-electron chi connectivity index (χ3n) is 4.81. The van der Waals surface area contributed by atoms with Crippen molar-refractivity contribution in [3.8, 4) is 0 Å². The summed E-state index contributed by atoms with van der Waals surface area (Å²) in [6, 6.07) is 16.3. The minimum atomic E-state index is 0.133. The molecule has 2 atom stereocenters. The van der Waals surface area contributed by atoms with Gasteiger partial charge in [-0.15, -0.1) is 0 Å². The molecule has 6 nitrogen and oxygen atoms in total. The molecule has 0 aliphatic heterocycles. The number of rotatable bonds is 7. The Hall–Kier alpha value is -2.76. The Kier molecular flexibility index (Phi) is 4.65. The van der Waals surface area contributed by atoms with Gasteiger partial charge in [-0.3, -0.25) is 0 Å². The normalized spacial score (nSPS) is 14.1. The molecular formula is C20H24N6. The Morgan fingerprint density at radius 3 is 1.19 bits per heavy atom. The zero-order valence-electron chi connectivity index (χ0n) is 15.3. The highest BCUT2D eigenvalue weighted by atomic mass is 15.5. The topological polar surface area (TPSA) is 61.4 Å². The molecule has 2 aromatic heterocycles. The van der Waals surface area contributed by atoms with Gasteiger partial charge >= 0.3 is 0 Å². The van der Waals surface area contributed by atoms with Gasteiger partial charge in [0, 0.05) is 0 Å². The lowest BCUT2D eigenvalue weighted by molar-refractivity contribution is 0.218. The first-order chi connectivity index (χ1) is 12.8. The number of nitrogens with zero attached hydrogens (tertiary/aromatic N) is 6. The van der Waals surface area contributed by atoms with Crippen LogP contribution in [0, 0.1) is 0 Å². The quantitative estimate of drug-likeness (QED) is 0.491. The fraction of sp³-hybridized carbons (Fsp3) is 0.400. The van der Waals surface area contributed by atoms with E-state index in [1.165, 1.54) is 0 Å². The molecule has 26 heavy (non-hydrogen) atoms. The lowest BCUT2D eigenvalue weighted by Gasteiger charge is -2.25. The number of fused-ring (bicyclic) bond motifs is 2. The first-order valence-corrected chi connectivity index (χ1v) is 9.43. The van der Waals surface area contributed by atoms with Gasteiger partial charge in [0.05, 0.1) is 12.1 Å². The Morgan fingerprint density at radius 1 is 0.615 bits per heavy atom. The van der Waals surface area contributed by atoms with Gasteiger partial charge in [0.1, 0.15) is 22.1 Å². The van der Waals surface area contributed by atoms with Crippen LogP contribution in [-0.4, -0.2) is 30.0 Å². The molecule has 0 saturated carbocycles. The molecule has 0 radical (unpaired) electrons. The lowest BCUT2D eigenvalue weighted by atomic mass is 10.00. The third kappa shape index (κ3) is 3.07. The second-order valence-electron chi connectivity index (χ2n) is 6.73. The van der Waals surface area contributed by atoms with Crippen LogP contribution in [0.3, 0.4) is 0 Å². The maximum absolute atomic E-state index is 4.75. The van der Waals surface area contributed by atoms with Crippen LogP contribution >= 0.6 is 0 Å². The minimum absolute atomic E-state index is 0.133. The van der Waals surface area contributed by atoms with Gasteiger partial charge in [-0.1, -0.05) is 51.0 Å². The molecule has 4 aromatic rings. The summed E-state index contributed by atoms with van der Waals surface area (Å²) in [5.41, 5.74) is 3.73. The Balaban J connectivity index is 1.77. The van der Waals surface area contributed by atoms with Crippen molar-refractivity contribution in [2.45, 2.75) is 51.6 Å². The summed E-state index contributed by atoms with van der Waals surface area (Å²) in [4.78, 5) is 3.78. The van der Waals surface area contributed by atoms with Crippen LogP contribution in [0.25, 0.3) is 22.1 Å². The van der Waals surface area contributed by atoms with Crippen LogP contribution in [0.4, 0.5) is 0 Å². The maximum atomic E-state index is 4.75. The van der Waals surface area contributed by atoms with Crippen LogP contribution in [-0.2, 0) is 0 Å². The highest BCUT2D eigenvalue weighted by molar-refractivity contribution is 5.73. The number of hydrogen-bond donors (Lipinski definition) is 0. The van der Waals surface area contributed by atoms with Crippen molar-refractivity contribution >= 4 is 22.1 Å². The average molecular weight is 348 g/mol. The van der Waals surface area contributed by atoms with Gasteiger partial charge in [-0.25, -0.2) is 0 Å². The highest BCUT2D eigenvalue weighted by Crippen LogP contribution is 2.31. The number of benzene rings is 2. The zero-order chi connectivity index (χ0) is 17.9. The molecule has 0 bridgehead atoms. The summed E-state index contributed by atoms with van der Waals surface area (Å²) in [6.45, 7) is 4.40.